The summed E-state index contributed by atoms with van der Waals surface area (Å²) in [4.78, 5) is 3.56. The van der Waals surface area contributed by atoms with E-state index in [-0.39, 0.29) is 6.10 Å². The molecule has 1 atom stereocenters. The van der Waals surface area contributed by atoms with Crippen molar-refractivity contribution in [2.24, 2.45) is 0 Å². The normalized spacial score (nSPS) is 19.5. The Balaban J connectivity index is 1.67. The van der Waals surface area contributed by atoms with Crippen LogP contribution in [0, 0.1) is 11.3 Å². The van der Waals surface area contributed by atoms with Crippen molar-refractivity contribution in [3.63, 3.8) is 0 Å². The highest BCUT2D eigenvalue weighted by Gasteiger charge is 2.26. The lowest BCUT2D eigenvalue weighted by atomic mass is 10.2. The quantitative estimate of drug-likeness (QED) is 0.861. The van der Waals surface area contributed by atoms with Gasteiger partial charge < -0.3 is 9.30 Å². The molecule has 3 rings (SSSR count). The number of nitrogens with zero attached hydrogens (tertiary/aromatic N) is 5. The number of nitriles is 1. The molecule has 1 aliphatic rings. The Morgan fingerprint density at radius 2 is 2.48 bits per heavy atom. The van der Waals surface area contributed by atoms with Crippen LogP contribution >= 0.6 is 11.3 Å². The van der Waals surface area contributed by atoms with Gasteiger partial charge in [0.1, 0.15) is 18.5 Å². The summed E-state index contributed by atoms with van der Waals surface area (Å²) in [7, 11) is 0. The van der Waals surface area contributed by atoms with E-state index >= 15 is 0 Å². The third-order valence-corrected chi connectivity index (χ3v) is 4.51. The maximum Gasteiger partial charge on any atom is 0.163 e. The number of morpholine rings is 1. The number of aromatic nitrogens is 3. The third kappa shape index (κ3) is 3.13. The Bertz CT molecular complexity index is 644. The summed E-state index contributed by atoms with van der Waals surface area (Å²) in [6, 6.07) is 4.14. The summed E-state index contributed by atoms with van der Waals surface area (Å²) in [5, 5.41) is 19.0. The topological polar surface area (TPSA) is 67.0 Å². The van der Waals surface area contributed by atoms with Gasteiger partial charge in [0.2, 0.25) is 0 Å². The first-order chi connectivity index (χ1) is 10.3. The third-order valence-electron chi connectivity index (χ3n) is 3.59. The van der Waals surface area contributed by atoms with Gasteiger partial charge in [-0.1, -0.05) is 0 Å². The number of ether oxygens (including phenoxy) is 1. The van der Waals surface area contributed by atoms with E-state index in [1.807, 2.05) is 16.0 Å². The number of hydrogen-bond acceptors (Lipinski definition) is 6. The van der Waals surface area contributed by atoms with Crippen molar-refractivity contribution < 1.29 is 4.74 Å². The van der Waals surface area contributed by atoms with E-state index in [4.69, 9.17) is 10.00 Å². The van der Waals surface area contributed by atoms with Gasteiger partial charge in [-0.3, -0.25) is 4.90 Å². The number of hydrogen-bond donors (Lipinski definition) is 0. The number of thiophene rings is 1. The molecule has 2 aromatic heterocycles. The van der Waals surface area contributed by atoms with Crippen molar-refractivity contribution in [2.75, 3.05) is 19.7 Å². The van der Waals surface area contributed by atoms with Gasteiger partial charge in [-0.2, -0.15) is 5.26 Å². The fourth-order valence-electron chi connectivity index (χ4n) is 2.50. The Kier molecular flexibility index (Phi) is 4.29. The van der Waals surface area contributed by atoms with E-state index in [9.17, 15) is 0 Å². The van der Waals surface area contributed by atoms with Gasteiger partial charge in [-0.25, -0.2) is 0 Å². The Morgan fingerprint density at radius 3 is 3.24 bits per heavy atom. The van der Waals surface area contributed by atoms with Crippen LogP contribution in [0.4, 0.5) is 0 Å². The van der Waals surface area contributed by atoms with Gasteiger partial charge in [0.05, 0.1) is 12.2 Å². The first kappa shape index (κ1) is 14.2. The van der Waals surface area contributed by atoms with Crippen LogP contribution in [0.2, 0.25) is 0 Å². The van der Waals surface area contributed by atoms with Crippen LogP contribution in [0.5, 0.6) is 0 Å². The predicted molar refractivity (Wildman–Crippen MR) is 78.7 cm³/mol. The average Bonchev–Trinajstić information content (AvgIpc) is 3.15. The van der Waals surface area contributed by atoms with Gasteiger partial charge in [-0.15, -0.1) is 21.5 Å². The van der Waals surface area contributed by atoms with E-state index < -0.39 is 0 Å². The minimum absolute atomic E-state index is 0.0309. The maximum atomic E-state index is 8.89. The summed E-state index contributed by atoms with van der Waals surface area (Å²) in [6.07, 6.45) is 1.72. The summed E-state index contributed by atoms with van der Waals surface area (Å²) in [6.45, 7) is 6.17. The van der Waals surface area contributed by atoms with Gasteiger partial charge in [0, 0.05) is 36.4 Å². The molecule has 1 fully saturated rings. The average molecular weight is 303 g/mol. The number of rotatable bonds is 4. The largest absolute Gasteiger partial charge is 0.368 e. The molecule has 0 bridgehead atoms. The predicted octanol–water partition coefficient (Wildman–Crippen LogP) is 1.80. The van der Waals surface area contributed by atoms with Crippen LogP contribution in [0.15, 0.2) is 17.8 Å². The molecule has 1 unspecified atom stereocenters. The van der Waals surface area contributed by atoms with E-state index in [0.29, 0.717) is 6.61 Å². The minimum atomic E-state index is -0.0309. The lowest BCUT2D eigenvalue weighted by molar-refractivity contribution is -0.0385. The fraction of sp³-hybridized carbons (Fsp3) is 0.500. The van der Waals surface area contributed by atoms with E-state index in [2.05, 4.69) is 28.1 Å². The number of aryl methyl sites for hydroxylation is 1. The SMILES string of the molecule is CCn1cnnc1C1CN(Cc2cc(C#N)cs2)CCO1. The van der Waals surface area contributed by atoms with Crippen LogP contribution < -0.4 is 0 Å². The summed E-state index contributed by atoms with van der Waals surface area (Å²) in [5.41, 5.74) is 0.741. The molecule has 7 heteroatoms. The smallest absolute Gasteiger partial charge is 0.163 e. The summed E-state index contributed by atoms with van der Waals surface area (Å²) in [5.74, 6) is 0.895. The molecule has 0 saturated carbocycles. The second-order valence-electron chi connectivity index (χ2n) is 4.98. The highest BCUT2D eigenvalue weighted by molar-refractivity contribution is 7.10. The lowest BCUT2D eigenvalue weighted by Crippen LogP contribution is -2.38. The van der Waals surface area contributed by atoms with Crippen LogP contribution in [0.1, 0.15) is 29.3 Å². The van der Waals surface area contributed by atoms with Crippen molar-refractivity contribution in [3.8, 4) is 6.07 Å². The van der Waals surface area contributed by atoms with Crippen LogP contribution in [-0.4, -0.2) is 39.4 Å². The van der Waals surface area contributed by atoms with Gasteiger partial charge in [0.25, 0.3) is 0 Å². The molecule has 3 heterocycles. The van der Waals surface area contributed by atoms with Gasteiger partial charge >= 0.3 is 0 Å². The van der Waals surface area contributed by atoms with Crippen molar-refractivity contribution in [1.82, 2.24) is 19.7 Å². The van der Waals surface area contributed by atoms with Crippen LogP contribution in [0.25, 0.3) is 0 Å². The molecule has 0 N–H and O–H groups in total. The maximum absolute atomic E-state index is 8.89. The van der Waals surface area contributed by atoms with Crippen LogP contribution in [-0.2, 0) is 17.8 Å². The first-order valence-electron chi connectivity index (χ1n) is 6.99. The van der Waals surface area contributed by atoms with E-state index in [1.165, 1.54) is 4.88 Å². The monoisotopic (exact) mass is 303 g/mol. The Hall–Kier alpha value is -1.75. The second kappa shape index (κ2) is 6.35. The van der Waals surface area contributed by atoms with Crippen molar-refractivity contribution >= 4 is 11.3 Å². The first-order valence-corrected chi connectivity index (χ1v) is 7.87. The Morgan fingerprint density at radius 1 is 1.57 bits per heavy atom. The molecule has 0 radical (unpaired) electrons. The molecular formula is C14H17N5OS. The zero-order valence-corrected chi connectivity index (χ0v) is 12.7. The Labute approximate surface area is 127 Å². The molecular weight excluding hydrogens is 286 g/mol. The molecule has 6 nitrogen and oxygen atoms in total. The highest BCUT2D eigenvalue weighted by Crippen LogP contribution is 2.23. The summed E-state index contributed by atoms with van der Waals surface area (Å²) >= 11 is 1.64. The molecule has 0 spiro atoms. The van der Waals surface area contributed by atoms with E-state index in [0.717, 1.165) is 37.6 Å². The second-order valence-corrected chi connectivity index (χ2v) is 5.98. The van der Waals surface area contributed by atoms with Crippen molar-refractivity contribution in [2.45, 2.75) is 26.1 Å². The lowest BCUT2D eigenvalue weighted by Gasteiger charge is -2.32. The molecule has 21 heavy (non-hydrogen) atoms. The summed E-state index contributed by atoms with van der Waals surface area (Å²) < 4.78 is 7.87. The molecule has 1 saturated heterocycles. The highest BCUT2D eigenvalue weighted by atomic mass is 32.1. The molecule has 110 valence electrons. The van der Waals surface area contributed by atoms with E-state index in [1.54, 1.807) is 17.7 Å². The van der Waals surface area contributed by atoms with Crippen LogP contribution in [0.3, 0.4) is 0 Å². The molecule has 0 aromatic carbocycles. The molecule has 0 amide bonds. The molecule has 2 aromatic rings. The standard InChI is InChI=1S/C14H17N5OS/c1-2-19-10-16-17-14(19)13-8-18(3-4-20-13)7-12-5-11(6-15)9-21-12/h5,9-10,13H,2-4,7-8H2,1H3. The minimum Gasteiger partial charge on any atom is -0.368 e. The molecule has 0 aliphatic carbocycles. The molecule has 1 aliphatic heterocycles. The van der Waals surface area contributed by atoms with Crippen molar-refractivity contribution in [3.05, 3.63) is 34.0 Å². The fourth-order valence-corrected chi connectivity index (χ4v) is 3.35. The van der Waals surface area contributed by atoms with Crippen molar-refractivity contribution in [1.29, 1.82) is 5.26 Å². The zero-order chi connectivity index (χ0) is 14.7. The zero-order valence-electron chi connectivity index (χ0n) is 11.9. The van der Waals surface area contributed by atoms with Gasteiger partial charge in [-0.05, 0) is 13.0 Å². The van der Waals surface area contributed by atoms with Gasteiger partial charge in [0.15, 0.2) is 5.82 Å².